The number of nitriles is 1. The summed E-state index contributed by atoms with van der Waals surface area (Å²) in [4.78, 5) is 25.8. The molecule has 0 saturated heterocycles. The van der Waals surface area contributed by atoms with Gasteiger partial charge in [-0.2, -0.15) is 17.0 Å². The number of anilines is 2. The number of benzene rings is 1. The number of thioether (sulfide) groups is 1. The molecule has 0 aliphatic rings. The number of aliphatic carboxylic acids is 1. The fraction of sp³-hybridized carbons (Fsp3) is 0.450. The number of nitrogens with one attached hydrogen (secondary N) is 2. The summed E-state index contributed by atoms with van der Waals surface area (Å²) in [6.45, 7) is 7.94. The molecule has 7 nitrogen and oxygen atoms in total. The molecule has 0 saturated carbocycles. The molecule has 0 bridgehead atoms. The molecule has 1 amide bonds. The summed E-state index contributed by atoms with van der Waals surface area (Å²) in [7, 11) is 0. The first-order valence-electron chi connectivity index (χ1n) is 9.12. The molecular weight excluding hydrogens is 412 g/mol. The zero-order valence-electron chi connectivity index (χ0n) is 17.2. The van der Waals surface area contributed by atoms with Gasteiger partial charge in [0.2, 0.25) is 0 Å². The highest BCUT2D eigenvalue weighted by molar-refractivity contribution is 7.98. The number of carbonyl (C=O) groups is 2. The van der Waals surface area contributed by atoms with Gasteiger partial charge in [0.05, 0.1) is 0 Å². The predicted molar refractivity (Wildman–Crippen MR) is 115 cm³/mol. The van der Waals surface area contributed by atoms with Crippen molar-refractivity contribution in [3.05, 3.63) is 35.5 Å². The molecule has 0 aliphatic heterocycles. The lowest BCUT2D eigenvalue weighted by atomic mass is 10.1. The van der Waals surface area contributed by atoms with E-state index in [9.17, 15) is 20.0 Å². The molecule has 0 aliphatic carbocycles. The van der Waals surface area contributed by atoms with E-state index >= 15 is 0 Å². The number of nitrogens with zero attached hydrogens (tertiary/aromatic N) is 2. The number of carboxylic acids is 1. The molecule has 29 heavy (non-hydrogen) atoms. The summed E-state index contributed by atoms with van der Waals surface area (Å²) in [6.07, 6.45) is 3.46. The standard InChI is InChI=1S/C20H28N4O3S.ClH/c1-5-24(6-2)16-7-8-17(14(3)11-16)22-13-15(12-21)19(25)23-18(20(26)27)9-10-28-4;/h7-8,11,13,18,22H,5-6,9-10H2,1-4H3,(H,23,25)(H,26,27);1H/p-1/b15-13-;. The first kappa shape index (κ1) is 26.6. The van der Waals surface area contributed by atoms with Crippen LogP contribution >= 0.6 is 11.8 Å². The highest BCUT2D eigenvalue weighted by atomic mass is 35.5. The second kappa shape index (κ2) is 13.7. The summed E-state index contributed by atoms with van der Waals surface area (Å²) in [6, 6.07) is 6.71. The molecule has 1 unspecified atom stereocenters. The first-order chi connectivity index (χ1) is 13.4. The van der Waals surface area contributed by atoms with E-state index < -0.39 is 17.9 Å². The summed E-state index contributed by atoms with van der Waals surface area (Å²) < 4.78 is 0. The van der Waals surface area contributed by atoms with Crippen LogP contribution in [0.5, 0.6) is 0 Å². The smallest absolute Gasteiger partial charge is 0.326 e. The first-order valence-corrected chi connectivity index (χ1v) is 10.5. The van der Waals surface area contributed by atoms with Crippen LogP contribution in [0.3, 0.4) is 0 Å². The van der Waals surface area contributed by atoms with E-state index in [4.69, 9.17) is 0 Å². The highest BCUT2D eigenvalue weighted by Gasteiger charge is 2.21. The molecule has 0 fully saturated rings. The molecule has 0 spiro atoms. The second-order valence-electron chi connectivity index (χ2n) is 6.13. The lowest BCUT2D eigenvalue weighted by Crippen LogP contribution is -3.00. The van der Waals surface area contributed by atoms with Crippen LogP contribution in [-0.2, 0) is 9.59 Å². The molecule has 3 N–H and O–H groups in total. The maximum atomic E-state index is 12.3. The van der Waals surface area contributed by atoms with E-state index in [1.807, 2.05) is 37.4 Å². The Bertz CT molecular complexity index is 761. The molecule has 0 radical (unpaired) electrons. The van der Waals surface area contributed by atoms with Crippen LogP contribution in [0.1, 0.15) is 25.8 Å². The van der Waals surface area contributed by atoms with Gasteiger partial charge in [-0.3, -0.25) is 4.79 Å². The quantitative estimate of drug-likeness (QED) is 0.329. The fourth-order valence-electron chi connectivity index (χ4n) is 2.62. The van der Waals surface area contributed by atoms with Gasteiger partial charge in [0, 0.05) is 30.7 Å². The number of carboxylic acid groups (broad SMARTS) is 1. The molecule has 1 rings (SSSR count). The molecule has 0 heterocycles. The van der Waals surface area contributed by atoms with Gasteiger partial charge in [0.1, 0.15) is 17.7 Å². The summed E-state index contributed by atoms with van der Waals surface area (Å²) >= 11 is 1.49. The zero-order valence-corrected chi connectivity index (χ0v) is 18.7. The number of aryl methyl sites for hydroxylation is 1. The van der Waals surface area contributed by atoms with Crippen molar-refractivity contribution in [1.29, 1.82) is 5.26 Å². The maximum Gasteiger partial charge on any atom is 0.326 e. The fourth-order valence-corrected chi connectivity index (χ4v) is 3.09. The lowest BCUT2D eigenvalue weighted by molar-refractivity contribution is -0.141. The van der Waals surface area contributed by atoms with Crippen molar-refractivity contribution in [2.24, 2.45) is 0 Å². The van der Waals surface area contributed by atoms with Crippen LogP contribution in [0.15, 0.2) is 30.0 Å². The Balaban J connectivity index is 0.00000784. The van der Waals surface area contributed by atoms with Crippen molar-refractivity contribution in [2.45, 2.75) is 33.2 Å². The van der Waals surface area contributed by atoms with Gasteiger partial charge in [-0.15, -0.1) is 0 Å². The van der Waals surface area contributed by atoms with Gasteiger partial charge in [-0.1, -0.05) is 0 Å². The number of halogens is 1. The van der Waals surface area contributed by atoms with Crippen molar-refractivity contribution in [1.82, 2.24) is 5.32 Å². The molecule has 9 heteroatoms. The molecule has 0 aromatic heterocycles. The van der Waals surface area contributed by atoms with Crippen molar-refractivity contribution in [3.8, 4) is 6.07 Å². The number of rotatable bonds is 11. The van der Waals surface area contributed by atoms with E-state index in [-0.39, 0.29) is 18.0 Å². The SMILES string of the molecule is CCN(CC)c1ccc(N/C=C(/C#N)C(=O)NC(CCSC)C(=O)O)c(C)c1.[Cl-]. The third-order valence-electron chi connectivity index (χ3n) is 4.29. The Hall–Kier alpha value is -2.37. The van der Waals surface area contributed by atoms with E-state index in [2.05, 4.69) is 29.4 Å². The lowest BCUT2D eigenvalue weighted by Gasteiger charge is -2.22. The largest absolute Gasteiger partial charge is 1.00 e. The minimum Gasteiger partial charge on any atom is -1.00 e. The Labute approximate surface area is 182 Å². The van der Waals surface area contributed by atoms with Crippen LogP contribution in [0, 0.1) is 18.3 Å². The number of hydrogen-bond acceptors (Lipinski definition) is 6. The van der Waals surface area contributed by atoms with Gasteiger partial charge < -0.3 is 33.0 Å². The molecule has 160 valence electrons. The van der Waals surface area contributed by atoms with E-state index in [1.165, 1.54) is 18.0 Å². The molecule has 1 aromatic rings. The van der Waals surface area contributed by atoms with E-state index in [1.54, 1.807) is 0 Å². The van der Waals surface area contributed by atoms with Crippen LogP contribution in [-0.4, -0.2) is 48.1 Å². The van der Waals surface area contributed by atoms with Crippen LogP contribution in [0.25, 0.3) is 0 Å². The average Bonchev–Trinajstić information content (AvgIpc) is 2.67. The van der Waals surface area contributed by atoms with Gasteiger partial charge >= 0.3 is 5.97 Å². The summed E-state index contributed by atoms with van der Waals surface area (Å²) in [5.74, 6) is -1.23. The van der Waals surface area contributed by atoms with Crippen LogP contribution in [0.2, 0.25) is 0 Å². The van der Waals surface area contributed by atoms with Gasteiger partial charge in [-0.25, -0.2) is 4.79 Å². The van der Waals surface area contributed by atoms with Gasteiger partial charge in [-0.05, 0) is 63.0 Å². The number of carbonyl (C=O) groups excluding carboxylic acids is 1. The monoisotopic (exact) mass is 439 g/mol. The van der Waals surface area contributed by atoms with Crippen LogP contribution < -0.4 is 27.9 Å². The molecular formula is C20H28ClN4O3S-. The van der Waals surface area contributed by atoms with Crippen molar-refractivity contribution < 1.29 is 27.1 Å². The normalized spacial score (nSPS) is 11.6. The third kappa shape index (κ3) is 8.26. The van der Waals surface area contributed by atoms with E-state index in [0.717, 1.165) is 30.0 Å². The van der Waals surface area contributed by atoms with E-state index in [0.29, 0.717) is 12.2 Å². The van der Waals surface area contributed by atoms with Crippen molar-refractivity contribution in [2.75, 3.05) is 35.3 Å². The Morgan fingerprint density at radius 2 is 2.00 bits per heavy atom. The molecule has 1 atom stereocenters. The average molecular weight is 440 g/mol. The summed E-state index contributed by atoms with van der Waals surface area (Å²) in [5, 5.41) is 23.9. The highest BCUT2D eigenvalue weighted by Crippen LogP contribution is 2.22. The maximum absolute atomic E-state index is 12.3. The van der Waals surface area contributed by atoms with Crippen molar-refractivity contribution >= 4 is 35.0 Å². The minimum absolute atomic E-state index is 0. The topological polar surface area (TPSA) is 105 Å². The number of hydrogen-bond donors (Lipinski definition) is 3. The van der Waals surface area contributed by atoms with Gasteiger partial charge in [0.15, 0.2) is 0 Å². The van der Waals surface area contributed by atoms with Crippen LogP contribution in [0.4, 0.5) is 11.4 Å². The zero-order chi connectivity index (χ0) is 21.1. The summed E-state index contributed by atoms with van der Waals surface area (Å²) in [5.41, 5.74) is 2.67. The minimum atomic E-state index is -1.12. The van der Waals surface area contributed by atoms with Gasteiger partial charge in [0.25, 0.3) is 5.91 Å². The Kier molecular flexibility index (Phi) is 12.6. The molecule has 1 aromatic carbocycles. The second-order valence-corrected chi connectivity index (χ2v) is 7.12. The van der Waals surface area contributed by atoms with Crippen molar-refractivity contribution in [3.63, 3.8) is 0 Å². The Morgan fingerprint density at radius 1 is 1.34 bits per heavy atom. The Morgan fingerprint density at radius 3 is 2.48 bits per heavy atom. The number of amides is 1. The predicted octanol–water partition coefficient (Wildman–Crippen LogP) is -0.0129. The third-order valence-corrected chi connectivity index (χ3v) is 4.93.